The number of methoxy groups -OCH3 is 1. The summed E-state index contributed by atoms with van der Waals surface area (Å²) >= 11 is 3.36. The number of benzene rings is 1. The lowest BCUT2D eigenvalue weighted by atomic mass is 9.88. The molecule has 0 saturated carbocycles. The largest absolute Gasteiger partial charge is 0.496 e. The van der Waals surface area contributed by atoms with Gasteiger partial charge in [-0.1, -0.05) is 19.9 Å². The third-order valence-electron chi connectivity index (χ3n) is 2.47. The van der Waals surface area contributed by atoms with Crippen LogP contribution >= 0.6 is 15.9 Å². The zero-order valence-corrected chi connectivity index (χ0v) is 11.1. The minimum atomic E-state index is -0.799. The molecule has 1 aromatic carbocycles. The summed E-state index contributed by atoms with van der Waals surface area (Å²) in [6.45, 7) is 3.80. The van der Waals surface area contributed by atoms with Crippen molar-refractivity contribution in [2.45, 2.75) is 19.8 Å². The van der Waals surface area contributed by atoms with Gasteiger partial charge in [-0.3, -0.25) is 4.79 Å². The SMILES string of the molecule is COc1ccc(C(C(=O)O)C(C)C)cc1Br. The second kappa shape index (κ2) is 5.34. The van der Waals surface area contributed by atoms with Crippen LogP contribution in [0.1, 0.15) is 25.3 Å². The maximum absolute atomic E-state index is 11.2. The predicted octanol–water partition coefficient (Wildman–Crippen LogP) is 3.28. The van der Waals surface area contributed by atoms with Crippen LogP contribution in [0.3, 0.4) is 0 Å². The highest BCUT2D eigenvalue weighted by Gasteiger charge is 2.24. The molecule has 16 heavy (non-hydrogen) atoms. The lowest BCUT2D eigenvalue weighted by Gasteiger charge is -2.17. The van der Waals surface area contributed by atoms with Crippen LogP contribution in [0, 0.1) is 5.92 Å². The third kappa shape index (κ3) is 2.76. The molecule has 1 atom stereocenters. The van der Waals surface area contributed by atoms with Crippen molar-refractivity contribution in [1.82, 2.24) is 0 Å². The standard InChI is InChI=1S/C12H15BrO3/c1-7(2)11(12(14)15)8-4-5-10(16-3)9(13)6-8/h4-7,11H,1-3H3,(H,14,15). The van der Waals surface area contributed by atoms with Crippen molar-refractivity contribution < 1.29 is 14.6 Å². The van der Waals surface area contributed by atoms with E-state index >= 15 is 0 Å². The first-order valence-electron chi connectivity index (χ1n) is 5.03. The maximum atomic E-state index is 11.2. The molecule has 0 heterocycles. The van der Waals surface area contributed by atoms with Gasteiger partial charge in [-0.2, -0.15) is 0 Å². The molecule has 0 aliphatic carbocycles. The fourth-order valence-corrected chi connectivity index (χ4v) is 2.25. The van der Waals surface area contributed by atoms with Gasteiger partial charge in [0.1, 0.15) is 5.75 Å². The van der Waals surface area contributed by atoms with Crippen LogP contribution in [-0.2, 0) is 4.79 Å². The summed E-state index contributed by atoms with van der Waals surface area (Å²) in [5.41, 5.74) is 0.787. The minimum Gasteiger partial charge on any atom is -0.496 e. The molecule has 0 aliphatic rings. The lowest BCUT2D eigenvalue weighted by molar-refractivity contribution is -0.139. The molecule has 1 unspecified atom stereocenters. The predicted molar refractivity (Wildman–Crippen MR) is 65.9 cm³/mol. The zero-order valence-electron chi connectivity index (χ0n) is 9.53. The fourth-order valence-electron chi connectivity index (χ4n) is 1.69. The number of hydrogen-bond acceptors (Lipinski definition) is 2. The van der Waals surface area contributed by atoms with Gasteiger partial charge in [-0.25, -0.2) is 0 Å². The second-order valence-corrected chi connectivity index (χ2v) is 4.81. The zero-order chi connectivity index (χ0) is 12.3. The summed E-state index contributed by atoms with van der Waals surface area (Å²) in [7, 11) is 1.58. The van der Waals surface area contributed by atoms with Crippen LogP contribution in [0.2, 0.25) is 0 Å². The van der Waals surface area contributed by atoms with Crippen LogP contribution < -0.4 is 4.74 Å². The van der Waals surface area contributed by atoms with Gasteiger partial charge in [0, 0.05) is 0 Å². The smallest absolute Gasteiger partial charge is 0.311 e. The maximum Gasteiger partial charge on any atom is 0.311 e. The highest BCUT2D eigenvalue weighted by atomic mass is 79.9. The highest BCUT2D eigenvalue weighted by molar-refractivity contribution is 9.10. The molecule has 1 aromatic rings. The van der Waals surface area contributed by atoms with Crippen LogP contribution in [0.25, 0.3) is 0 Å². The van der Waals surface area contributed by atoms with Gasteiger partial charge < -0.3 is 9.84 Å². The summed E-state index contributed by atoms with van der Waals surface area (Å²) in [6, 6.07) is 5.37. The highest BCUT2D eigenvalue weighted by Crippen LogP contribution is 2.31. The Morgan fingerprint density at radius 3 is 2.44 bits per heavy atom. The summed E-state index contributed by atoms with van der Waals surface area (Å²) < 4.78 is 5.88. The molecule has 0 amide bonds. The normalized spacial score (nSPS) is 12.6. The number of rotatable bonds is 4. The summed E-state index contributed by atoms with van der Waals surface area (Å²) in [6.07, 6.45) is 0. The van der Waals surface area contributed by atoms with E-state index in [0.29, 0.717) is 5.75 Å². The Balaban J connectivity index is 3.12. The van der Waals surface area contributed by atoms with E-state index in [1.807, 2.05) is 13.8 Å². The number of carboxylic acids is 1. The molecule has 0 bridgehead atoms. The van der Waals surface area contributed by atoms with E-state index in [2.05, 4.69) is 15.9 Å². The van der Waals surface area contributed by atoms with Crippen LogP contribution in [0.15, 0.2) is 22.7 Å². The van der Waals surface area contributed by atoms with E-state index in [-0.39, 0.29) is 5.92 Å². The van der Waals surface area contributed by atoms with Gasteiger partial charge in [0.25, 0.3) is 0 Å². The van der Waals surface area contributed by atoms with Crippen molar-refractivity contribution in [2.75, 3.05) is 7.11 Å². The van der Waals surface area contributed by atoms with E-state index in [1.54, 1.807) is 25.3 Å². The number of halogens is 1. The first kappa shape index (κ1) is 13.0. The van der Waals surface area contributed by atoms with Gasteiger partial charge in [0.2, 0.25) is 0 Å². The van der Waals surface area contributed by atoms with Crippen molar-refractivity contribution in [1.29, 1.82) is 0 Å². The molecule has 0 fully saturated rings. The second-order valence-electron chi connectivity index (χ2n) is 3.95. The van der Waals surface area contributed by atoms with Crippen molar-refractivity contribution in [2.24, 2.45) is 5.92 Å². The molecule has 0 spiro atoms. The topological polar surface area (TPSA) is 46.5 Å². The Morgan fingerprint density at radius 2 is 2.06 bits per heavy atom. The molecule has 0 radical (unpaired) electrons. The first-order chi connectivity index (χ1) is 7.47. The Hall–Kier alpha value is -1.03. The van der Waals surface area contributed by atoms with E-state index in [9.17, 15) is 4.79 Å². The Labute approximate surface area is 104 Å². The molecule has 3 nitrogen and oxygen atoms in total. The molecule has 1 N–H and O–H groups in total. The van der Waals surface area contributed by atoms with Gasteiger partial charge in [0.05, 0.1) is 17.5 Å². The van der Waals surface area contributed by atoms with E-state index in [0.717, 1.165) is 10.0 Å². The molecule has 0 saturated heterocycles. The van der Waals surface area contributed by atoms with Crippen LogP contribution in [-0.4, -0.2) is 18.2 Å². The van der Waals surface area contributed by atoms with Crippen molar-refractivity contribution in [3.63, 3.8) is 0 Å². The first-order valence-corrected chi connectivity index (χ1v) is 5.83. The van der Waals surface area contributed by atoms with Gasteiger partial charge >= 0.3 is 5.97 Å². The average molecular weight is 287 g/mol. The summed E-state index contributed by atoms with van der Waals surface area (Å²) in [4.78, 5) is 11.2. The number of carboxylic acid groups (broad SMARTS) is 1. The monoisotopic (exact) mass is 286 g/mol. The number of ether oxygens (including phenoxy) is 1. The summed E-state index contributed by atoms with van der Waals surface area (Å²) in [5, 5.41) is 9.17. The molecule has 88 valence electrons. The number of carbonyl (C=O) groups is 1. The van der Waals surface area contributed by atoms with E-state index in [1.165, 1.54) is 0 Å². The fraction of sp³-hybridized carbons (Fsp3) is 0.417. The van der Waals surface area contributed by atoms with E-state index in [4.69, 9.17) is 9.84 Å². The number of hydrogen-bond donors (Lipinski definition) is 1. The molecule has 0 aromatic heterocycles. The van der Waals surface area contributed by atoms with Gasteiger partial charge in [-0.15, -0.1) is 0 Å². The molecular weight excluding hydrogens is 272 g/mol. The minimum absolute atomic E-state index is 0.0535. The van der Waals surface area contributed by atoms with Gasteiger partial charge in [-0.05, 0) is 39.5 Å². The Morgan fingerprint density at radius 1 is 1.44 bits per heavy atom. The third-order valence-corrected chi connectivity index (χ3v) is 3.09. The molecule has 1 rings (SSSR count). The van der Waals surface area contributed by atoms with Crippen molar-refractivity contribution in [3.05, 3.63) is 28.2 Å². The van der Waals surface area contributed by atoms with Crippen LogP contribution in [0.4, 0.5) is 0 Å². The summed E-state index contributed by atoms with van der Waals surface area (Å²) in [5.74, 6) is -0.524. The van der Waals surface area contributed by atoms with E-state index < -0.39 is 11.9 Å². The van der Waals surface area contributed by atoms with Gasteiger partial charge in [0.15, 0.2) is 0 Å². The average Bonchev–Trinajstić information content (AvgIpc) is 2.16. The van der Waals surface area contributed by atoms with Crippen molar-refractivity contribution in [3.8, 4) is 5.75 Å². The molecule has 4 heteroatoms. The molecular formula is C12H15BrO3. The Bertz CT molecular complexity index is 388. The van der Waals surface area contributed by atoms with Crippen molar-refractivity contribution >= 4 is 21.9 Å². The molecule has 0 aliphatic heterocycles. The Kier molecular flexibility index (Phi) is 4.35. The van der Waals surface area contributed by atoms with Crippen LogP contribution in [0.5, 0.6) is 5.75 Å². The lowest BCUT2D eigenvalue weighted by Crippen LogP contribution is -2.17. The number of aliphatic carboxylic acids is 1. The quantitative estimate of drug-likeness (QED) is 0.924.